The van der Waals surface area contributed by atoms with Gasteiger partial charge in [-0.1, -0.05) is 30.3 Å². The molecule has 0 radical (unpaired) electrons. The number of para-hydroxylation sites is 1. The molecule has 8 heteroatoms. The molecule has 7 nitrogen and oxygen atoms in total. The Balaban J connectivity index is 1.39. The smallest absolute Gasteiger partial charge is 0.285 e. The zero-order valence-electron chi connectivity index (χ0n) is 16.1. The van der Waals surface area contributed by atoms with E-state index >= 15 is 0 Å². The van der Waals surface area contributed by atoms with Crippen molar-refractivity contribution in [3.63, 3.8) is 0 Å². The lowest BCUT2D eigenvalue weighted by Gasteiger charge is -2.18. The Bertz CT molecular complexity index is 1210. The molecule has 0 saturated heterocycles. The highest BCUT2D eigenvalue weighted by Gasteiger charge is 2.30. The summed E-state index contributed by atoms with van der Waals surface area (Å²) in [6.07, 6.45) is 0. The molecule has 0 aliphatic carbocycles. The second kappa shape index (κ2) is 8.00. The second-order valence-electron chi connectivity index (χ2n) is 6.73. The molecule has 0 atom stereocenters. The minimum absolute atomic E-state index is 0.0506. The van der Waals surface area contributed by atoms with Crippen LogP contribution in [0.1, 0.15) is 5.56 Å². The second-order valence-corrected chi connectivity index (χ2v) is 8.30. The molecule has 0 unspecified atom stereocenters. The van der Waals surface area contributed by atoms with Gasteiger partial charge in [0.25, 0.3) is 10.0 Å². The Hall–Kier alpha value is -3.65. The topological polar surface area (TPSA) is 88.1 Å². The normalized spacial score (nSPS) is 13.8. The molecule has 1 aliphatic heterocycles. The van der Waals surface area contributed by atoms with Gasteiger partial charge in [0.1, 0.15) is 16.4 Å². The van der Waals surface area contributed by atoms with Crippen LogP contribution in [0.2, 0.25) is 0 Å². The molecule has 0 aromatic heterocycles. The number of sulfonamides is 1. The highest BCUT2D eigenvalue weighted by molar-refractivity contribution is 7.90. The zero-order chi connectivity index (χ0) is 21.1. The fourth-order valence-electron chi connectivity index (χ4n) is 3.09. The number of fused-ring (bicyclic) bond motifs is 1. The third-order valence-electron chi connectivity index (χ3n) is 4.47. The van der Waals surface area contributed by atoms with Gasteiger partial charge in [-0.3, -0.25) is 4.79 Å². The minimum Gasteiger partial charge on any atom is -0.457 e. The summed E-state index contributed by atoms with van der Waals surface area (Å²) in [5, 5.41) is 2.79. The number of benzene rings is 3. The lowest BCUT2D eigenvalue weighted by atomic mass is 10.2. The first-order valence-electron chi connectivity index (χ1n) is 9.21. The number of nitrogens with one attached hydrogen (secondary N) is 1. The van der Waals surface area contributed by atoms with E-state index in [1.54, 1.807) is 49.5 Å². The van der Waals surface area contributed by atoms with Gasteiger partial charge in [0, 0.05) is 18.3 Å². The Morgan fingerprint density at radius 1 is 0.933 bits per heavy atom. The number of amidine groups is 1. The summed E-state index contributed by atoms with van der Waals surface area (Å²) in [5.74, 6) is 1.34. The van der Waals surface area contributed by atoms with Crippen molar-refractivity contribution in [2.75, 3.05) is 18.9 Å². The summed E-state index contributed by atoms with van der Waals surface area (Å²) in [6, 6.07) is 23.0. The van der Waals surface area contributed by atoms with E-state index in [0.717, 1.165) is 5.75 Å². The van der Waals surface area contributed by atoms with Crippen molar-refractivity contribution in [2.24, 2.45) is 4.40 Å². The highest BCUT2D eigenvalue weighted by atomic mass is 32.2. The van der Waals surface area contributed by atoms with Gasteiger partial charge in [0.2, 0.25) is 5.91 Å². The molecule has 1 aliphatic rings. The van der Waals surface area contributed by atoms with Gasteiger partial charge >= 0.3 is 0 Å². The van der Waals surface area contributed by atoms with E-state index in [2.05, 4.69) is 9.71 Å². The van der Waals surface area contributed by atoms with Crippen molar-refractivity contribution < 1.29 is 17.9 Å². The Kier molecular flexibility index (Phi) is 5.24. The van der Waals surface area contributed by atoms with Crippen molar-refractivity contribution in [1.82, 2.24) is 4.90 Å². The number of hydrogen-bond donors (Lipinski definition) is 1. The monoisotopic (exact) mass is 421 g/mol. The van der Waals surface area contributed by atoms with Gasteiger partial charge in [-0.05, 0) is 48.5 Å². The largest absolute Gasteiger partial charge is 0.457 e. The standard InChI is InChI=1S/C22H19N3O4S/c1-25(22-19-9-5-6-10-20(19)30(27,28)24-22)15-21(26)23-16-11-13-18(14-12-16)29-17-7-3-2-4-8-17/h2-14H,15H2,1H3,(H,23,26). The third-order valence-corrected chi connectivity index (χ3v) is 5.80. The van der Waals surface area contributed by atoms with Crippen LogP contribution < -0.4 is 10.1 Å². The molecule has 1 amide bonds. The van der Waals surface area contributed by atoms with Gasteiger partial charge < -0.3 is 15.0 Å². The summed E-state index contributed by atoms with van der Waals surface area (Å²) in [4.78, 5) is 14.1. The number of carbonyl (C=O) groups is 1. The van der Waals surface area contributed by atoms with Crippen molar-refractivity contribution in [3.05, 3.63) is 84.4 Å². The van der Waals surface area contributed by atoms with E-state index in [-0.39, 0.29) is 23.2 Å². The van der Waals surface area contributed by atoms with Crippen molar-refractivity contribution in [3.8, 4) is 11.5 Å². The quantitative estimate of drug-likeness (QED) is 0.681. The maximum absolute atomic E-state index is 12.4. The summed E-state index contributed by atoms with van der Waals surface area (Å²) in [6.45, 7) is -0.0506. The number of hydrogen-bond acceptors (Lipinski definition) is 5. The van der Waals surface area contributed by atoms with Crippen LogP contribution in [0.5, 0.6) is 11.5 Å². The first-order chi connectivity index (χ1) is 14.4. The predicted molar refractivity (Wildman–Crippen MR) is 114 cm³/mol. The van der Waals surface area contributed by atoms with Crippen LogP contribution in [0.4, 0.5) is 5.69 Å². The van der Waals surface area contributed by atoms with Crippen LogP contribution in [0.3, 0.4) is 0 Å². The zero-order valence-corrected chi connectivity index (χ0v) is 17.0. The van der Waals surface area contributed by atoms with E-state index < -0.39 is 10.0 Å². The lowest BCUT2D eigenvalue weighted by molar-refractivity contribution is -0.116. The molecule has 0 fully saturated rings. The van der Waals surface area contributed by atoms with Crippen LogP contribution in [0.25, 0.3) is 0 Å². The molecule has 0 spiro atoms. The molecular formula is C22H19N3O4S. The van der Waals surface area contributed by atoms with Gasteiger partial charge in [0.15, 0.2) is 5.84 Å². The van der Waals surface area contributed by atoms with Gasteiger partial charge in [0.05, 0.1) is 6.54 Å². The third kappa shape index (κ3) is 4.18. The van der Waals surface area contributed by atoms with Gasteiger partial charge in [-0.15, -0.1) is 4.40 Å². The predicted octanol–water partition coefficient (Wildman–Crippen LogP) is 3.50. The number of nitrogens with zero attached hydrogens (tertiary/aromatic N) is 2. The van der Waals surface area contributed by atoms with Crippen LogP contribution in [-0.2, 0) is 14.8 Å². The fraction of sp³-hybridized carbons (Fsp3) is 0.0909. The van der Waals surface area contributed by atoms with Crippen molar-refractivity contribution >= 4 is 27.5 Å². The van der Waals surface area contributed by atoms with Crippen LogP contribution in [-0.4, -0.2) is 38.7 Å². The number of amides is 1. The number of carbonyl (C=O) groups excluding carboxylic acids is 1. The maximum Gasteiger partial charge on any atom is 0.285 e. The van der Waals surface area contributed by atoms with E-state index in [1.165, 1.54) is 11.0 Å². The molecule has 3 aromatic carbocycles. The molecule has 0 bridgehead atoms. The average Bonchev–Trinajstić information content (AvgIpc) is 3.02. The molecule has 0 saturated carbocycles. The first-order valence-corrected chi connectivity index (χ1v) is 10.6. The molecule has 152 valence electrons. The number of likely N-dealkylation sites (N-methyl/N-ethyl adjacent to an activating group) is 1. The number of rotatable bonds is 5. The fourth-order valence-corrected chi connectivity index (χ4v) is 4.34. The Morgan fingerprint density at radius 2 is 1.57 bits per heavy atom. The Labute approximate surface area is 174 Å². The highest BCUT2D eigenvalue weighted by Crippen LogP contribution is 2.27. The van der Waals surface area contributed by atoms with Crippen molar-refractivity contribution in [1.29, 1.82) is 0 Å². The Morgan fingerprint density at radius 3 is 2.30 bits per heavy atom. The summed E-state index contributed by atoms with van der Waals surface area (Å²) in [5.41, 5.74) is 1.10. The van der Waals surface area contributed by atoms with E-state index in [9.17, 15) is 13.2 Å². The molecule has 1 heterocycles. The average molecular weight is 421 g/mol. The molecule has 30 heavy (non-hydrogen) atoms. The maximum atomic E-state index is 12.4. The van der Waals surface area contributed by atoms with Crippen molar-refractivity contribution in [2.45, 2.75) is 4.90 Å². The summed E-state index contributed by atoms with van der Waals surface area (Å²) < 4.78 is 33.9. The van der Waals surface area contributed by atoms with Crippen LogP contribution in [0.15, 0.2) is 88.2 Å². The van der Waals surface area contributed by atoms with E-state index in [1.807, 2.05) is 30.3 Å². The molecular weight excluding hydrogens is 402 g/mol. The first kappa shape index (κ1) is 19.7. The minimum atomic E-state index is -3.72. The number of anilines is 1. The molecule has 4 rings (SSSR count). The summed E-state index contributed by atoms with van der Waals surface area (Å²) >= 11 is 0. The van der Waals surface area contributed by atoms with Gasteiger partial charge in [-0.2, -0.15) is 8.42 Å². The summed E-state index contributed by atoms with van der Waals surface area (Å²) in [7, 11) is -2.09. The van der Waals surface area contributed by atoms with Crippen LogP contribution >= 0.6 is 0 Å². The van der Waals surface area contributed by atoms with Gasteiger partial charge in [-0.25, -0.2) is 0 Å². The SMILES string of the molecule is CN(CC(=O)Nc1ccc(Oc2ccccc2)cc1)C1=NS(=O)(=O)c2ccccc21. The lowest BCUT2D eigenvalue weighted by Crippen LogP contribution is -2.34. The van der Waals surface area contributed by atoms with E-state index in [0.29, 0.717) is 17.0 Å². The van der Waals surface area contributed by atoms with E-state index in [4.69, 9.17) is 4.74 Å². The molecule has 3 aromatic rings. The van der Waals surface area contributed by atoms with Crippen LogP contribution in [0, 0.1) is 0 Å². The number of ether oxygens (including phenoxy) is 1. The molecule has 1 N–H and O–H groups in total.